The van der Waals surface area contributed by atoms with Crippen molar-refractivity contribution in [3.05, 3.63) is 73.6 Å². The van der Waals surface area contributed by atoms with E-state index in [1.54, 1.807) is 87.4 Å². The number of nitrogens with one attached hydrogen (secondary N) is 3. The van der Waals surface area contributed by atoms with Gasteiger partial charge < -0.3 is 30.2 Å². The zero-order valence-corrected chi connectivity index (χ0v) is 35.1. The van der Waals surface area contributed by atoms with Gasteiger partial charge >= 0.3 is 0 Å². The molecule has 17 nitrogen and oxygen atoms in total. The molecular weight excluding hydrogens is 791 g/mol. The molecule has 2 fully saturated rings. The first-order chi connectivity index (χ1) is 28.7. The standard InChI is InChI=1S/C21H25FN6O3.C21H25FN6O2/c1-20(2)8-16(19(22)21(3,4)28(20)30)31-17-6-5-14(26-27-17)18-15(29)7-12(9-23-18)13-10-24-25-11-13;1-20(2)8-16(19(22)21(3,4)28-20)30-17-6-5-14(26-27-17)18-15(29)7-12(9-23-18)13-10-24-25-11-13/h5-7,9-11,16,19,29-30H,8H2,1-4H3,(H,24,25);5-7,9-11,16,19,28-29H,8H2,1-4H3,(H,24,25)/t2*16-,19-/m00/s1. The number of halogens is 2. The van der Waals surface area contributed by atoms with E-state index in [9.17, 15) is 19.8 Å². The Morgan fingerprint density at radius 3 is 1.52 bits per heavy atom. The van der Waals surface area contributed by atoms with Gasteiger partial charge in [-0.2, -0.15) is 15.3 Å². The summed E-state index contributed by atoms with van der Waals surface area (Å²) in [6.07, 6.45) is 6.61. The Kier molecular flexibility index (Phi) is 11.5. The minimum atomic E-state index is -1.44. The normalized spacial score (nSPS) is 22.7. The van der Waals surface area contributed by atoms with E-state index in [0.717, 1.165) is 21.8 Å². The summed E-state index contributed by atoms with van der Waals surface area (Å²) in [6, 6.07) is 9.58. The predicted molar refractivity (Wildman–Crippen MR) is 220 cm³/mol. The molecule has 0 spiro atoms. The highest BCUT2D eigenvalue weighted by molar-refractivity contribution is 5.70. The molecule has 4 atom stereocenters. The summed E-state index contributed by atoms with van der Waals surface area (Å²) >= 11 is 0. The summed E-state index contributed by atoms with van der Waals surface area (Å²) < 4.78 is 41.6. The van der Waals surface area contributed by atoms with Crippen molar-refractivity contribution in [2.24, 2.45) is 0 Å². The van der Waals surface area contributed by atoms with Crippen molar-refractivity contribution in [3.8, 4) is 68.3 Å². The Labute approximate surface area is 351 Å². The van der Waals surface area contributed by atoms with Crippen LogP contribution < -0.4 is 14.8 Å². The molecule has 8 rings (SSSR count). The first kappa shape index (κ1) is 42.9. The van der Waals surface area contributed by atoms with Crippen LogP contribution in [-0.4, -0.2) is 118 Å². The molecule has 0 aromatic carbocycles. The highest BCUT2D eigenvalue weighted by atomic mass is 19.1. The maximum Gasteiger partial charge on any atom is 0.233 e. The Balaban J connectivity index is 0.000000184. The summed E-state index contributed by atoms with van der Waals surface area (Å²) in [7, 11) is 0. The Morgan fingerprint density at radius 2 is 1.11 bits per heavy atom. The molecular formula is C42H50F2N12O5. The number of hydrogen-bond donors (Lipinski definition) is 6. The second-order valence-corrected chi connectivity index (χ2v) is 17.7. The van der Waals surface area contributed by atoms with Crippen molar-refractivity contribution >= 4 is 0 Å². The summed E-state index contributed by atoms with van der Waals surface area (Å²) in [5, 5.41) is 65.0. The molecule has 2 aliphatic rings. The number of H-pyrrole nitrogens is 2. The van der Waals surface area contributed by atoms with E-state index in [4.69, 9.17) is 9.47 Å². The van der Waals surface area contributed by atoms with Crippen LogP contribution in [0.25, 0.3) is 45.0 Å². The van der Waals surface area contributed by atoms with E-state index < -0.39 is 41.2 Å². The van der Waals surface area contributed by atoms with E-state index in [2.05, 4.69) is 56.1 Å². The Morgan fingerprint density at radius 1 is 0.639 bits per heavy atom. The number of alkyl halides is 2. The number of hydroxylamine groups is 2. The predicted octanol–water partition coefficient (Wildman–Crippen LogP) is 6.64. The zero-order chi connectivity index (χ0) is 43.9. The number of piperidine rings is 2. The molecule has 6 N–H and O–H groups in total. The van der Waals surface area contributed by atoms with Gasteiger partial charge in [-0.15, -0.1) is 20.4 Å². The summed E-state index contributed by atoms with van der Waals surface area (Å²) in [4.78, 5) is 8.58. The van der Waals surface area contributed by atoms with Crippen molar-refractivity contribution in [1.82, 2.24) is 61.1 Å². The molecule has 0 unspecified atom stereocenters. The van der Waals surface area contributed by atoms with Crippen LogP contribution in [0.1, 0.15) is 68.2 Å². The molecule has 0 radical (unpaired) electrons. The number of aromatic amines is 2. The molecule has 6 aromatic rings. The molecule has 8 heterocycles. The monoisotopic (exact) mass is 840 g/mol. The number of rotatable bonds is 8. The second-order valence-electron chi connectivity index (χ2n) is 17.7. The molecule has 0 amide bonds. The molecule has 0 bridgehead atoms. The van der Waals surface area contributed by atoms with E-state index >= 15 is 4.39 Å². The van der Waals surface area contributed by atoms with Crippen LogP contribution in [0.15, 0.2) is 73.6 Å². The molecule has 322 valence electrons. The molecule has 2 saturated heterocycles. The molecule has 61 heavy (non-hydrogen) atoms. The largest absolute Gasteiger partial charge is 0.506 e. The fourth-order valence-electron chi connectivity index (χ4n) is 8.06. The van der Waals surface area contributed by atoms with Gasteiger partial charge in [-0.3, -0.25) is 10.2 Å². The second kappa shape index (κ2) is 16.4. The van der Waals surface area contributed by atoms with Gasteiger partial charge in [0.15, 0.2) is 12.3 Å². The number of aromatic nitrogens is 10. The van der Waals surface area contributed by atoms with E-state index in [1.165, 1.54) is 0 Å². The minimum absolute atomic E-state index is 0.0256. The van der Waals surface area contributed by atoms with Crippen LogP contribution in [0.3, 0.4) is 0 Å². The first-order valence-electron chi connectivity index (χ1n) is 19.7. The maximum absolute atomic E-state index is 15.0. The average molecular weight is 841 g/mol. The van der Waals surface area contributed by atoms with E-state index in [1.807, 2.05) is 41.5 Å². The van der Waals surface area contributed by atoms with Crippen LogP contribution in [0, 0.1) is 0 Å². The third-order valence-corrected chi connectivity index (χ3v) is 10.9. The van der Waals surface area contributed by atoms with Gasteiger partial charge in [-0.05, 0) is 79.7 Å². The lowest BCUT2D eigenvalue weighted by atomic mass is 9.79. The average Bonchev–Trinajstić information content (AvgIpc) is 3.95. The molecule has 0 aliphatic carbocycles. The van der Waals surface area contributed by atoms with Crippen LogP contribution >= 0.6 is 0 Å². The highest BCUT2D eigenvalue weighted by Gasteiger charge is 2.54. The Bertz CT molecular complexity index is 2410. The third kappa shape index (κ3) is 9.13. The van der Waals surface area contributed by atoms with Gasteiger partial charge in [0.05, 0.1) is 17.9 Å². The number of nitrogens with zero attached hydrogens (tertiary/aromatic N) is 9. The quantitative estimate of drug-likeness (QED) is 0.0944. The van der Waals surface area contributed by atoms with Crippen LogP contribution in [0.4, 0.5) is 8.78 Å². The van der Waals surface area contributed by atoms with Crippen molar-refractivity contribution < 1.29 is 33.7 Å². The molecule has 6 aromatic heterocycles. The van der Waals surface area contributed by atoms with Crippen LogP contribution in [0.5, 0.6) is 23.3 Å². The summed E-state index contributed by atoms with van der Waals surface area (Å²) in [6.45, 7) is 14.6. The fraction of sp³-hybridized carbons (Fsp3) is 0.429. The number of hydrogen-bond acceptors (Lipinski definition) is 15. The zero-order valence-electron chi connectivity index (χ0n) is 35.1. The topological polar surface area (TPSA) is 229 Å². The summed E-state index contributed by atoms with van der Waals surface area (Å²) in [5.74, 6) is 0.310. The third-order valence-electron chi connectivity index (χ3n) is 10.9. The highest BCUT2D eigenvalue weighted by Crippen LogP contribution is 2.40. The van der Waals surface area contributed by atoms with Gasteiger partial charge in [-0.1, -0.05) is 0 Å². The van der Waals surface area contributed by atoms with Crippen molar-refractivity contribution in [3.63, 3.8) is 0 Å². The smallest absolute Gasteiger partial charge is 0.233 e. The molecule has 2 aliphatic heterocycles. The molecule has 19 heteroatoms. The molecule has 0 saturated carbocycles. The first-order valence-corrected chi connectivity index (χ1v) is 19.7. The van der Waals surface area contributed by atoms with Gasteiger partial charge in [0, 0.05) is 88.6 Å². The van der Waals surface area contributed by atoms with E-state index in [0.29, 0.717) is 29.1 Å². The van der Waals surface area contributed by atoms with Crippen molar-refractivity contribution in [2.45, 2.75) is 115 Å². The van der Waals surface area contributed by atoms with Gasteiger partial charge in [-0.25, -0.2) is 18.7 Å². The maximum atomic E-state index is 15.0. The SMILES string of the molecule is CC1(C)C[C@H](Oc2ccc(-c3ncc(-c4cn[nH]c4)cc3O)nn2)[C@H](F)C(C)(C)N1.CC1(C)C[C@H](Oc2ccc(-c3ncc(-c4cn[nH]c4)cc3O)nn2)[C@H](F)C(C)(C)N1O. The van der Waals surface area contributed by atoms with E-state index in [-0.39, 0.29) is 40.9 Å². The van der Waals surface area contributed by atoms with Gasteiger partial charge in [0.25, 0.3) is 0 Å². The lowest BCUT2D eigenvalue weighted by molar-refractivity contribution is -0.276. The Hall–Kier alpha value is -6.18. The van der Waals surface area contributed by atoms with Crippen LogP contribution in [-0.2, 0) is 0 Å². The lowest BCUT2D eigenvalue weighted by Crippen LogP contribution is -2.67. The number of ether oxygens (including phenoxy) is 2. The fourth-order valence-corrected chi connectivity index (χ4v) is 8.06. The number of pyridine rings is 2. The number of aromatic hydroxyl groups is 2. The van der Waals surface area contributed by atoms with Gasteiger partial charge in [0.1, 0.15) is 46.5 Å². The minimum Gasteiger partial charge on any atom is -0.506 e. The lowest BCUT2D eigenvalue weighted by Gasteiger charge is -2.52. The summed E-state index contributed by atoms with van der Waals surface area (Å²) in [5.41, 5.74) is 1.58. The van der Waals surface area contributed by atoms with Gasteiger partial charge in [0.2, 0.25) is 11.8 Å². The van der Waals surface area contributed by atoms with Crippen LogP contribution in [0.2, 0.25) is 0 Å². The van der Waals surface area contributed by atoms with Crippen molar-refractivity contribution in [2.75, 3.05) is 0 Å². The van der Waals surface area contributed by atoms with Crippen molar-refractivity contribution in [1.29, 1.82) is 0 Å².